The molecule has 5 nitrogen and oxygen atoms in total. The molecule has 2 aliphatic heterocycles. The van der Waals surface area contributed by atoms with Gasteiger partial charge in [0.2, 0.25) is 0 Å². The summed E-state index contributed by atoms with van der Waals surface area (Å²) in [7, 11) is 0. The van der Waals surface area contributed by atoms with E-state index in [-0.39, 0.29) is 11.7 Å². The van der Waals surface area contributed by atoms with Crippen molar-refractivity contribution in [2.75, 3.05) is 19.8 Å². The Morgan fingerprint density at radius 2 is 2.50 bits per heavy atom. The van der Waals surface area contributed by atoms with Crippen molar-refractivity contribution in [1.82, 2.24) is 9.78 Å². The Bertz CT molecular complexity index is 399. The van der Waals surface area contributed by atoms with Crippen LogP contribution in [0.4, 0.5) is 0 Å². The highest BCUT2D eigenvalue weighted by atomic mass is 16.6. The molecule has 3 rings (SSSR count). The molecule has 1 spiro atoms. The molecule has 0 aliphatic carbocycles. The van der Waals surface area contributed by atoms with Gasteiger partial charge in [-0.25, -0.2) is 0 Å². The highest BCUT2D eigenvalue weighted by molar-refractivity contribution is 5.12. The van der Waals surface area contributed by atoms with Gasteiger partial charge < -0.3 is 14.2 Å². The molecule has 1 aromatic rings. The first-order valence-electron chi connectivity index (χ1n) is 6.70. The number of ether oxygens (including phenoxy) is 3. The summed E-state index contributed by atoms with van der Waals surface area (Å²) >= 11 is 0. The Morgan fingerprint density at radius 3 is 3.22 bits per heavy atom. The zero-order chi connectivity index (χ0) is 12.4. The molecule has 0 N–H and O–H groups in total. The molecule has 0 saturated carbocycles. The van der Waals surface area contributed by atoms with Crippen molar-refractivity contribution < 1.29 is 14.2 Å². The minimum atomic E-state index is -0.0936. The third kappa shape index (κ3) is 2.37. The number of hydrogen-bond acceptors (Lipinski definition) is 4. The molecule has 2 atom stereocenters. The van der Waals surface area contributed by atoms with Crippen LogP contribution in [0.25, 0.3) is 0 Å². The minimum absolute atomic E-state index is 0.0936. The van der Waals surface area contributed by atoms with Crippen LogP contribution in [-0.4, -0.2) is 41.3 Å². The lowest BCUT2D eigenvalue weighted by Gasteiger charge is -2.36. The van der Waals surface area contributed by atoms with Crippen LogP contribution in [0.3, 0.4) is 0 Å². The van der Waals surface area contributed by atoms with Crippen molar-refractivity contribution >= 4 is 0 Å². The van der Waals surface area contributed by atoms with E-state index in [0.29, 0.717) is 6.61 Å². The van der Waals surface area contributed by atoms with E-state index in [9.17, 15) is 0 Å². The number of aryl methyl sites for hydroxylation is 1. The lowest BCUT2D eigenvalue weighted by Crippen LogP contribution is -2.44. The smallest absolute Gasteiger partial charge is 0.157 e. The molecule has 0 bridgehead atoms. The van der Waals surface area contributed by atoms with Crippen LogP contribution in [0.5, 0.6) is 5.75 Å². The van der Waals surface area contributed by atoms with Gasteiger partial charge in [0.25, 0.3) is 0 Å². The number of aromatic nitrogens is 2. The lowest BCUT2D eigenvalue weighted by atomic mass is 9.91. The minimum Gasteiger partial charge on any atom is -0.487 e. The maximum Gasteiger partial charge on any atom is 0.157 e. The van der Waals surface area contributed by atoms with Gasteiger partial charge in [0.15, 0.2) is 5.75 Å². The van der Waals surface area contributed by atoms with Gasteiger partial charge >= 0.3 is 0 Å². The van der Waals surface area contributed by atoms with Crippen molar-refractivity contribution in [3.8, 4) is 5.75 Å². The Morgan fingerprint density at radius 1 is 1.56 bits per heavy atom. The Labute approximate surface area is 107 Å². The average Bonchev–Trinajstić information content (AvgIpc) is 2.99. The van der Waals surface area contributed by atoms with Crippen molar-refractivity contribution in [2.24, 2.45) is 0 Å². The standard InChI is InChI=1S/C13H20N2O3/c1-2-15-9-12(8-14-15)18-11-3-5-17-13(7-11)4-6-16-10-13/h8-9,11H,2-7,10H2,1H3. The molecule has 3 heterocycles. The first kappa shape index (κ1) is 12.0. The third-order valence-corrected chi connectivity index (χ3v) is 3.75. The average molecular weight is 252 g/mol. The molecule has 5 heteroatoms. The van der Waals surface area contributed by atoms with E-state index in [1.807, 2.05) is 10.9 Å². The topological polar surface area (TPSA) is 45.5 Å². The predicted octanol–water partition coefficient (Wildman–Crippen LogP) is 1.62. The first-order chi connectivity index (χ1) is 8.80. The van der Waals surface area contributed by atoms with Gasteiger partial charge in [0.05, 0.1) is 31.2 Å². The van der Waals surface area contributed by atoms with Crippen molar-refractivity contribution in [3.05, 3.63) is 12.4 Å². The largest absolute Gasteiger partial charge is 0.487 e. The van der Waals surface area contributed by atoms with Crippen LogP contribution in [0, 0.1) is 0 Å². The van der Waals surface area contributed by atoms with Crippen LogP contribution in [0.1, 0.15) is 26.2 Å². The van der Waals surface area contributed by atoms with Gasteiger partial charge in [0, 0.05) is 32.4 Å². The van der Waals surface area contributed by atoms with E-state index in [4.69, 9.17) is 14.2 Å². The number of hydrogen-bond donors (Lipinski definition) is 0. The molecular formula is C13H20N2O3. The summed E-state index contributed by atoms with van der Waals surface area (Å²) in [4.78, 5) is 0. The highest BCUT2D eigenvalue weighted by Crippen LogP contribution is 2.34. The lowest BCUT2D eigenvalue weighted by molar-refractivity contribution is -0.112. The summed E-state index contributed by atoms with van der Waals surface area (Å²) in [5, 5.41) is 4.22. The van der Waals surface area contributed by atoms with E-state index in [2.05, 4.69) is 12.0 Å². The second-order valence-electron chi connectivity index (χ2n) is 5.10. The summed E-state index contributed by atoms with van der Waals surface area (Å²) in [5.41, 5.74) is -0.0936. The van der Waals surface area contributed by atoms with Gasteiger partial charge in [-0.15, -0.1) is 0 Å². The predicted molar refractivity (Wildman–Crippen MR) is 65.7 cm³/mol. The number of nitrogens with zero attached hydrogens (tertiary/aromatic N) is 2. The van der Waals surface area contributed by atoms with Crippen molar-refractivity contribution in [3.63, 3.8) is 0 Å². The Kier molecular flexibility index (Phi) is 3.26. The second kappa shape index (κ2) is 4.90. The van der Waals surface area contributed by atoms with Gasteiger partial charge in [-0.2, -0.15) is 5.10 Å². The van der Waals surface area contributed by atoms with Crippen LogP contribution in [-0.2, 0) is 16.0 Å². The van der Waals surface area contributed by atoms with Gasteiger partial charge in [0.1, 0.15) is 6.10 Å². The van der Waals surface area contributed by atoms with E-state index >= 15 is 0 Å². The van der Waals surface area contributed by atoms with Crippen molar-refractivity contribution in [2.45, 2.75) is 44.4 Å². The van der Waals surface area contributed by atoms with Gasteiger partial charge in [-0.3, -0.25) is 4.68 Å². The summed E-state index contributed by atoms with van der Waals surface area (Å²) in [6.07, 6.45) is 6.81. The molecule has 100 valence electrons. The summed E-state index contributed by atoms with van der Waals surface area (Å²) in [6, 6.07) is 0. The maximum absolute atomic E-state index is 6.01. The first-order valence-corrected chi connectivity index (χ1v) is 6.70. The molecule has 0 radical (unpaired) electrons. The molecule has 2 fully saturated rings. The fourth-order valence-corrected chi connectivity index (χ4v) is 2.72. The molecule has 2 aliphatic rings. The van der Waals surface area contributed by atoms with Crippen LogP contribution in [0.2, 0.25) is 0 Å². The quantitative estimate of drug-likeness (QED) is 0.820. The third-order valence-electron chi connectivity index (χ3n) is 3.75. The molecule has 18 heavy (non-hydrogen) atoms. The SMILES string of the molecule is CCn1cc(OC2CCOC3(CCOC3)C2)cn1. The van der Waals surface area contributed by atoms with Crippen LogP contribution < -0.4 is 4.74 Å². The van der Waals surface area contributed by atoms with E-state index in [1.54, 1.807) is 6.20 Å². The summed E-state index contributed by atoms with van der Waals surface area (Å²) in [5.74, 6) is 0.859. The van der Waals surface area contributed by atoms with E-state index < -0.39 is 0 Å². The molecule has 2 unspecified atom stereocenters. The second-order valence-corrected chi connectivity index (χ2v) is 5.10. The van der Waals surface area contributed by atoms with Crippen LogP contribution in [0.15, 0.2) is 12.4 Å². The van der Waals surface area contributed by atoms with Gasteiger partial charge in [-0.1, -0.05) is 0 Å². The Hall–Kier alpha value is -1.07. The molecule has 0 aromatic carbocycles. The fraction of sp³-hybridized carbons (Fsp3) is 0.769. The number of rotatable bonds is 3. The molecule has 0 amide bonds. The monoisotopic (exact) mass is 252 g/mol. The van der Waals surface area contributed by atoms with E-state index in [0.717, 1.165) is 44.8 Å². The highest BCUT2D eigenvalue weighted by Gasteiger charge is 2.41. The molecular weight excluding hydrogens is 232 g/mol. The molecule has 2 saturated heterocycles. The van der Waals surface area contributed by atoms with Crippen molar-refractivity contribution in [1.29, 1.82) is 0 Å². The zero-order valence-corrected chi connectivity index (χ0v) is 10.8. The maximum atomic E-state index is 6.01. The zero-order valence-electron chi connectivity index (χ0n) is 10.8. The van der Waals surface area contributed by atoms with Gasteiger partial charge in [-0.05, 0) is 6.92 Å². The molecule has 1 aromatic heterocycles. The Balaban J connectivity index is 1.62. The summed E-state index contributed by atoms with van der Waals surface area (Å²) < 4.78 is 19.2. The normalized spacial score (nSPS) is 31.9. The fourth-order valence-electron chi connectivity index (χ4n) is 2.72. The van der Waals surface area contributed by atoms with E-state index in [1.165, 1.54) is 0 Å². The van der Waals surface area contributed by atoms with Crippen LogP contribution >= 0.6 is 0 Å². The summed E-state index contributed by atoms with van der Waals surface area (Å²) in [6.45, 7) is 5.21.